The van der Waals surface area contributed by atoms with Crippen molar-refractivity contribution < 1.29 is 9.26 Å². The molecule has 1 N–H and O–H groups in total. The van der Waals surface area contributed by atoms with Gasteiger partial charge in [-0.2, -0.15) is 0 Å². The standard InChI is InChI=1S/C14H21N5O2/c1-3-13-16-17-14-5-4-10(8-19(13)14)15-7-12-6-11(9-20-2)18-21-12/h6,10,15H,3-5,7-9H2,1-2H3. The minimum absolute atomic E-state index is 0.412. The maximum atomic E-state index is 5.28. The molecule has 0 amide bonds. The zero-order valence-electron chi connectivity index (χ0n) is 12.5. The summed E-state index contributed by atoms with van der Waals surface area (Å²) in [6.45, 7) is 4.20. The predicted molar refractivity (Wildman–Crippen MR) is 75.6 cm³/mol. The summed E-state index contributed by atoms with van der Waals surface area (Å²) < 4.78 is 12.5. The highest BCUT2D eigenvalue weighted by Crippen LogP contribution is 2.16. The Bertz CT molecular complexity index is 578. The second kappa shape index (κ2) is 6.36. The van der Waals surface area contributed by atoms with Crippen molar-refractivity contribution in [3.05, 3.63) is 29.2 Å². The summed E-state index contributed by atoms with van der Waals surface area (Å²) in [5.41, 5.74) is 0.826. The van der Waals surface area contributed by atoms with E-state index in [1.165, 1.54) is 0 Å². The average Bonchev–Trinajstić information content (AvgIpc) is 3.11. The summed E-state index contributed by atoms with van der Waals surface area (Å²) in [4.78, 5) is 0. The van der Waals surface area contributed by atoms with Gasteiger partial charge in [-0.05, 0) is 6.42 Å². The molecule has 0 spiro atoms. The molecule has 114 valence electrons. The Morgan fingerprint density at radius 2 is 2.38 bits per heavy atom. The van der Waals surface area contributed by atoms with Gasteiger partial charge >= 0.3 is 0 Å². The first kappa shape index (κ1) is 14.2. The molecular formula is C14H21N5O2. The summed E-state index contributed by atoms with van der Waals surface area (Å²) in [5, 5.41) is 16.0. The molecule has 1 aliphatic rings. The number of aryl methyl sites for hydroxylation is 2. The smallest absolute Gasteiger partial charge is 0.150 e. The van der Waals surface area contributed by atoms with Crippen LogP contribution < -0.4 is 5.32 Å². The van der Waals surface area contributed by atoms with E-state index < -0.39 is 0 Å². The van der Waals surface area contributed by atoms with Crippen molar-refractivity contribution in [2.45, 2.75) is 51.9 Å². The molecule has 0 aliphatic carbocycles. The number of nitrogens with one attached hydrogen (secondary N) is 1. The second-order valence-corrected chi connectivity index (χ2v) is 5.33. The van der Waals surface area contributed by atoms with Gasteiger partial charge < -0.3 is 19.1 Å². The number of hydrogen-bond donors (Lipinski definition) is 1. The highest BCUT2D eigenvalue weighted by atomic mass is 16.5. The lowest BCUT2D eigenvalue weighted by molar-refractivity contribution is 0.177. The minimum atomic E-state index is 0.412. The van der Waals surface area contributed by atoms with Crippen LogP contribution in [0, 0.1) is 0 Å². The van der Waals surface area contributed by atoms with Crippen LogP contribution in [0.2, 0.25) is 0 Å². The van der Waals surface area contributed by atoms with Crippen LogP contribution in [0.4, 0.5) is 0 Å². The van der Waals surface area contributed by atoms with Gasteiger partial charge in [0.25, 0.3) is 0 Å². The molecule has 1 atom stereocenters. The van der Waals surface area contributed by atoms with Gasteiger partial charge in [-0.15, -0.1) is 10.2 Å². The zero-order valence-corrected chi connectivity index (χ0v) is 12.5. The summed E-state index contributed by atoms with van der Waals surface area (Å²) in [5.74, 6) is 3.01. The van der Waals surface area contributed by atoms with Crippen LogP contribution in [0.15, 0.2) is 10.6 Å². The molecule has 21 heavy (non-hydrogen) atoms. The van der Waals surface area contributed by atoms with Crippen molar-refractivity contribution in [2.75, 3.05) is 7.11 Å². The van der Waals surface area contributed by atoms with Crippen LogP contribution in [0.5, 0.6) is 0 Å². The highest BCUT2D eigenvalue weighted by Gasteiger charge is 2.22. The summed E-state index contributed by atoms with van der Waals surface area (Å²) in [6, 6.07) is 2.34. The predicted octanol–water partition coefficient (Wildman–Crippen LogP) is 1.08. The third-order valence-electron chi connectivity index (χ3n) is 3.80. The van der Waals surface area contributed by atoms with Crippen LogP contribution in [0.3, 0.4) is 0 Å². The van der Waals surface area contributed by atoms with E-state index in [0.717, 1.165) is 48.9 Å². The molecule has 7 nitrogen and oxygen atoms in total. The minimum Gasteiger partial charge on any atom is -0.378 e. The Labute approximate surface area is 123 Å². The molecule has 0 radical (unpaired) electrons. The van der Waals surface area contributed by atoms with Crippen molar-refractivity contribution in [1.82, 2.24) is 25.2 Å². The van der Waals surface area contributed by atoms with Crippen LogP contribution >= 0.6 is 0 Å². The van der Waals surface area contributed by atoms with Gasteiger partial charge in [0.15, 0.2) is 5.76 Å². The van der Waals surface area contributed by atoms with E-state index in [-0.39, 0.29) is 0 Å². The maximum Gasteiger partial charge on any atom is 0.150 e. The Morgan fingerprint density at radius 3 is 3.19 bits per heavy atom. The van der Waals surface area contributed by atoms with E-state index in [2.05, 4.69) is 32.2 Å². The number of methoxy groups -OCH3 is 1. The molecule has 0 saturated heterocycles. The van der Waals surface area contributed by atoms with Gasteiger partial charge in [0.2, 0.25) is 0 Å². The van der Waals surface area contributed by atoms with Gasteiger partial charge in [-0.3, -0.25) is 0 Å². The first-order chi connectivity index (χ1) is 10.3. The number of hydrogen-bond acceptors (Lipinski definition) is 6. The van der Waals surface area contributed by atoms with E-state index >= 15 is 0 Å². The van der Waals surface area contributed by atoms with Crippen LogP contribution in [-0.2, 0) is 37.3 Å². The fourth-order valence-corrected chi connectivity index (χ4v) is 2.71. The molecular weight excluding hydrogens is 270 g/mol. The van der Waals surface area contributed by atoms with E-state index in [1.807, 2.05) is 6.07 Å². The number of fused-ring (bicyclic) bond motifs is 1. The third-order valence-corrected chi connectivity index (χ3v) is 3.80. The SMILES string of the molecule is CCc1nnc2n1CC(NCc1cc(COC)no1)CC2. The zero-order chi connectivity index (χ0) is 14.7. The maximum absolute atomic E-state index is 5.28. The van der Waals surface area contributed by atoms with Crippen molar-refractivity contribution in [2.24, 2.45) is 0 Å². The Kier molecular flexibility index (Phi) is 4.31. The fraction of sp³-hybridized carbons (Fsp3) is 0.643. The Hall–Kier alpha value is -1.73. The van der Waals surface area contributed by atoms with Gasteiger partial charge in [-0.25, -0.2) is 0 Å². The number of aromatic nitrogens is 4. The molecule has 2 aromatic heterocycles. The van der Waals surface area contributed by atoms with Crippen molar-refractivity contribution >= 4 is 0 Å². The molecule has 0 fully saturated rings. The van der Waals surface area contributed by atoms with Crippen LogP contribution in [0.1, 0.15) is 36.4 Å². The second-order valence-electron chi connectivity index (χ2n) is 5.33. The van der Waals surface area contributed by atoms with E-state index in [0.29, 0.717) is 19.2 Å². The molecule has 3 rings (SSSR count). The quantitative estimate of drug-likeness (QED) is 0.858. The van der Waals surface area contributed by atoms with Crippen molar-refractivity contribution in [3.63, 3.8) is 0 Å². The highest BCUT2D eigenvalue weighted by molar-refractivity contribution is 5.05. The van der Waals surface area contributed by atoms with Gasteiger partial charge in [0, 0.05) is 38.6 Å². The molecule has 0 bridgehead atoms. The lowest BCUT2D eigenvalue weighted by Crippen LogP contribution is -2.37. The fourth-order valence-electron chi connectivity index (χ4n) is 2.71. The largest absolute Gasteiger partial charge is 0.378 e. The van der Waals surface area contributed by atoms with Gasteiger partial charge in [0.05, 0.1) is 13.2 Å². The lowest BCUT2D eigenvalue weighted by atomic mass is 10.1. The first-order valence-electron chi connectivity index (χ1n) is 7.38. The van der Waals surface area contributed by atoms with Crippen molar-refractivity contribution in [3.8, 4) is 0 Å². The van der Waals surface area contributed by atoms with Crippen LogP contribution in [0.25, 0.3) is 0 Å². The molecule has 1 aliphatic heterocycles. The van der Waals surface area contributed by atoms with E-state index in [1.54, 1.807) is 7.11 Å². The molecule has 1 unspecified atom stereocenters. The molecule has 0 saturated carbocycles. The molecule has 7 heteroatoms. The topological polar surface area (TPSA) is 78.0 Å². The number of rotatable bonds is 6. The monoisotopic (exact) mass is 291 g/mol. The Morgan fingerprint density at radius 1 is 1.48 bits per heavy atom. The van der Waals surface area contributed by atoms with Crippen molar-refractivity contribution in [1.29, 1.82) is 0 Å². The van der Waals surface area contributed by atoms with Gasteiger partial charge in [0.1, 0.15) is 17.3 Å². The summed E-state index contributed by atoms with van der Waals surface area (Å²) in [7, 11) is 1.65. The number of ether oxygens (including phenoxy) is 1. The van der Waals surface area contributed by atoms with E-state index in [4.69, 9.17) is 9.26 Å². The van der Waals surface area contributed by atoms with Crippen LogP contribution in [-0.4, -0.2) is 33.1 Å². The molecule has 2 aromatic rings. The summed E-state index contributed by atoms with van der Waals surface area (Å²) >= 11 is 0. The third kappa shape index (κ3) is 3.14. The first-order valence-corrected chi connectivity index (χ1v) is 7.38. The normalized spacial score (nSPS) is 17.9. The average molecular weight is 291 g/mol. The van der Waals surface area contributed by atoms with Gasteiger partial charge in [-0.1, -0.05) is 12.1 Å². The number of nitrogens with zero attached hydrogens (tertiary/aromatic N) is 4. The Balaban J connectivity index is 1.56. The van der Waals surface area contributed by atoms with E-state index in [9.17, 15) is 0 Å². The lowest BCUT2D eigenvalue weighted by Gasteiger charge is -2.24. The molecule has 3 heterocycles. The molecule has 0 aromatic carbocycles. The summed E-state index contributed by atoms with van der Waals surface area (Å²) in [6.07, 6.45) is 2.96.